The maximum Gasteiger partial charge on any atom is 0.258 e. The summed E-state index contributed by atoms with van der Waals surface area (Å²) in [5, 5.41) is 12.6. The topological polar surface area (TPSA) is 52.9 Å². The fourth-order valence-electron chi connectivity index (χ4n) is 3.59. The number of carbonyl (C=O) groups excluding carboxylic acids is 1. The monoisotopic (exact) mass is 292 g/mol. The van der Waals surface area contributed by atoms with E-state index in [0.29, 0.717) is 18.0 Å². The van der Waals surface area contributed by atoms with E-state index in [4.69, 9.17) is 0 Å². The molecule has 1 atom stereocenters. The molecule has 0 spiro atoms. The normalized spacial score (nSPS) is 21.0. The van der Waals surface area contributed by atoms with E-state index in [-0.39, 0.29) is 5.91 Å². The highest BCUT2D eigenvalue weighted by molar-refractivity contribution is 6.10. The zero-order valence-electron chi connectivity index (χ0n) is 12.1. The number of benzene rings is 2. The molecule has 0 unspecified atom stereocenters. The highest BCUT2D eigenvalue weighted by atomic mass is 16.4. The molecule has 4 nitrogen and oxygen atoms in total. The summed E-state index contributed by atoms with van der Waals surface area (Å²) in [6.07, 6.45) is 1.67. The lowest BCUT2D eigenvalue weighted by atomic mass is 9.83. The minimum absolute atomic E-state index is 0.0332. The molecule has 2 aromatic carbocycles. The molecule has 1 amide bonds. The number of carbonyl (C=O) groups is 1. The number of oxime groups is 1. The van der Waals surface area contributed by atoms with E-state index < -0.39 is 0 Å². The van der Waals surface area contributed by atoms with Crippen LogP contribution in [0.2, 0.25) is 0 Å². The van der Waals surface area contributed by atoms with Crippen molar-refractivity contribution >= 4 is 17.3 Å². The van der Waals surface area contributed by atoms with Gasteiger partial charge in [0.1, 0.15) is 0 Å². The lowest BCUT2D eigenvalue weighted by molar-refractivity contribution is 0.0988. The van der Waals surface area contributed by atoms with Crippen LogP contribution in [0.25, 0.3) is 0 Å². The van der Waals surface area contributed by atoms with E-state index in [0.717, 1.165) is 35.4 Å². The molecule has 22 heavy (non-hydrogen) atoms. The molecule has 2 aliphatic rings. The summed E-state index contributed by atoms with van der Waals surface area (Å²) in [7, 11) is 0. The molecule has 1 heterocycles. The van der Waals surface area contributed by atoms with Crippen molar-refractivity contribution in [3.05, 3.63) is 65.2 Å². The number of hydrogen-bond acceptors (Lipinski definition) is 3. The summed E-state index contributed by atoms with van der Waals surface area (Å²) in [6, 6.07) is 15.3. The van der Waals surface area contributed by atoms with Crippen molar-refractivity contribution in [3.63, 3.8) is 0 Å². The fourth-order valence-corrected chi connectivity index (χ4v) is 3.59. The SMILES string of the molecule is O=C(c1ccccc1)N1C[C@H]2CC/C(=N/O)c3cccc1c32. The van der Waals surface area contributed by atoms with Gasteiger partial charge in [0.15, 0.2) is 0 Å². The lowest BCUT2D eigenvalue weighted by Crippen LogP contribution is -2.29. The van der Waals surface area contributed by atoms with Gasteiger partial charge in [-0.3, -0.25) is 4.79 Å². The molecule has 0 aromatic heterocycles. The Morgan fingerprint density at radius 2 is 1.95 bits per heavy atom. The molecule has 0 radical (unpaired) electrons. The van der Waals surface area contributed by atoms with Crippen LogP contribution in [-0.2, 0) is 0 Å². The van der Waals surface area contributed by atoms with Crippen LogP contribution in [0.3, 0.4) is 0 Å². The van der Waals surface area contributed by atoms with Gasteiger partial charge >= 0.3 is 0 Å². The second-order valence-electron chi connectivity index (χ2n) is 5.80. The van der Waals surface area contributed by atoms with Gasteiger partial charge in [-0.1, -0.05) is 35.5 Å². The van der Waals surface area contributed by atoms with Gasteiger partial charge in [-0.25, -0.2) is 0 Å². The largest absolute Gasteiger partial charge is 0.411 e. The van der Waals surface area contributed by atoms with E-state index in [9.17, 15) is 10.0 Å². The maximum atomic E-state index is 12.8. The Morgan fingerprint density at radius 1 is 1.14 bits per heavy atom. The first-order chi connectivity index (χ1) is 10.8. The summed E-state index contributed by atoms with van der Waals surface area (Å²) in [4.78, 5) is 14.7. The zero-order chi connectivity index (χ0) is 15.1. The van der Waals surface area contributed by atoms with Crippen molar-refractivity contribution in [1.29, 1.82) is 0 Å². The Morgan fingerprint density at radius 3 is 2.73 bits per heavy atom. The van der Waals surface area contributed by atoms with E-state index >= 15 is 0 Å². The summed E-state index contributed by atoms with van der Waals surface area (Å²) >= 11 is 0. The highest BCUT2D eigenvalue weighted by Crippen LogP contribution is 2.44. The average molecular weight is 292 g/mol. The lowest BCUT2D eigenvalue weighted by Gasteiger charge is -2.20. The molecule has 0 fully saturated rings. The molecule has 1 N–H and O–H groups in total. The van der Waals surface area contributed by atoms with Crippen molar-refractivity contribution in [3.8, 4) is 0 Å². The second kappa shape index (κ2) is 4.98. The van der Waals surface area contributed by atoms with Gasteiger partial charge < -0.3 is 10.1 Å². The average Bonchev–Trinajstić information content (AvgIpc) is 2.96. The number of rotatable bonds is 1. The van der Waals surface area contributed by atoms with Gasteiger partial charge in [0.2, 0.25) is 0 Å². The summed E-state index contributed by atoms with van der Waals surface area (Å²) in [6.45, 7) is 0.707. The van der Waals surface area contributed by atoms with Crippen LogP contribution in [0.15, 0.2) is 53.7 Å². The van der Waals surface area contributed by atoms with Gasteiger partial charge in [0.05, 0.1) is 5.71 Å². The Kier molecular flexibility index (Phi) is 2.96. The number of nitrogens with zero attached hydrogens (tertiary/aromatic N) is 2. The Hall–Kier alpha value is -2.62. The van der Waals surface area contributed by atoms with Crippen LogP contribution in [0.1, 0.15) is 40.2 Å². The smallest absolute Gasteiger partial charge is 0.258 e. The molecule has 4 rings (SSSR count). The van der Waals surface area contributed by atoms with Crippen molar-refractivity contribution in [2.24, 2.45) is 5.16 Å². The van der Waals surface area contributed by atoms with Crippen molar-refractivity contribution < 1.29 is 10.0 Å². The molecule has 0 saturated heterocycles. The molecule has 1 aliphatic heterocycles. The summed E-state index contributed by atoms with van der Waals surface area (Å²) < 4.78 is 0. The molecular weight excluding hydrogens is 276 g/mol. The van der Waals surface area contributed by atoms with Gasteiger partial charge in [-0.15, -0.1) is 0 Å². The minimum atomic E-state index is 0.0332. The number of anilines is 1. The van der Waals surface area contributed by atoms with Gasteiger partial charge in [-0.05, 0) is 36.6 Å². The Labute approximate surface area is 128 Å². The first-order valence-corrected chi connectivity index (χ1v) is 7.50. The molecule has 4 heteroatoms. The van der Waals surface area contributed by atoms with Crippen LogP contribution >= 0.6 is 0 Å². The molecular formula is C18H16N2O2. The third-order valence-electron chi connectivity index (χ3n) is 4.61. The van der Waals surface area contributed by atoms with Crippen LogP contribution < -0.4 is 4.90 Å². The third kappa shape index (κ3) is 1.84. The van der Waals surface area contributed by atoms with E-state index in [1.807, 2.05) is 53.4 Å². The highest BCUT2D eigenvalue weighted by Gasteiger charge is 2.37. The van der Waals surface area contributed by atoms with Crippen molar-refractivity contribution in [2.45, 2.75) is 18.8 Å². The van der Waals surface area contributed by atoms with Crippen LogP contribution in [-0.4, -0.2) is 23.4 Å². The van der Waals surface area contributed by atoms with E-state index in [2.05, 4.69) is 5.16 Å². The molecule has 0 bridgehead atoms. The van der Waals surface area contributed by atoms with Gasteiger partial charge in [-0.2, -0.15) is 0 Å². The predicted molar refractivity (Wildman–Crippen MR) is 84.9 cm³/mol. The summed E-state index contributed by atoms with van der Waals surface area (Å²) in [5.74, 6) is 0.371. The number of amides is 1. The van der Waals surface area contributed by atoms with Gasteiger partial charge in [0, 0.05) is 29.3 Å². The van der Waals surface area contributed by atoms with E-state index in [1.165, 1.54) is 0 Å². The summed E-state index contributed by atoms with van der Waals surface area (Å²) in [5.41, 5.74) is 4.53. The molecule has 0 saturated carbocycles. The fraction of sp³-hybridized carbons (Fsp3) is 0.222. The number of hydrogen-bond donors (Lipinski definition) is 1. The minimum Gasteiger partial charge on any atom is -0.411 e. The third-order valence-corrected chi connectivity index (χ3v) is 4.61. The maximum absolute atomic E-state index is 12.8. The van der Waals surface area contributed by atoms with Crippen LogP contribution in [0.5, 0.6) is 0 Å². The first kappa shape index (κ1) is 13.1. The second-order valence-corrected chi connectivity index (χ2v) is 5.80. The van der Waals surface area contributed by atoms with E-state index in [1.54, 1.807) is 0 Å². The quantitative estimate of drug-likeness (QED) is 0.647. The van der Waals surface area contributed by atoms with Crippen molar-refractivity contribution in [2.75, 3.05) is 11.4 Å². The molecule has 1 aliphatic carbocycles. The molecule has 2 aromatic rings. The predicted octanol–water partition coefficient (Wildman–Crippen LogP) is 3.40. The molecule has 110 valence electrons. The zero-order valence-corrected chi connectivity index (χ0v) is 12.1. The van der Waals surface area contributed by atoms with Crippen LogP contribution in [0.4, 0.5) is 5.69 Å². The van der Waals surface area contributed by atoms with Crippen LogP contribution in [0, 0.1) is 0 Å². The Bertz CT molecular complexity index is 768. The Balaban J connectivity index is 1.80. The first-order valence-electron chi connectivity index (χ1n) is 7.50. The van der Waals surface area contributed by atoms with Crippen molar-refractivity contribution in [1.82, 2.24) is 0 Å². The standard InChI is InChI=1S/C18H16N2O2/c21-18(12-5-2-1-3-6-12)20-11-13-9-10-15(19-22)14-7-4-8-16(20)17(13)14/h1-8,13,22H,9-11H2/b19-15-/t13-/m1/s1. The van der Waals surface area contributed by atoms with Gasteiger partial charge in [0.25, 0.3) is 5.91 Å².